The molecule has 8 nitrogen and oxygen atoms in total. The number of aromatic amines is 1. The number of ether oxygens (including phenoxy) is 2. The molecule has 1 heterocycles. The van der Waals surface area contributed by atoms with Crippen LogP contribution >= 0.6 is 0 Å². The van der Waals surface area contributed by atoms with Crippen molar-refractivity contribution in [1.29, 1.82) is 0 Å². The van der Waals surface area contributed by atoms with Crippen LogP contribution in [0.2, 0.25) is 0 Å². The number of aryl methyl sites for hydroxylation is 1. The SMILES string of the molecule is COc1cc2cc(C(=O)Nc3cc(C(=O)NCc4ccccc4)ccc3C)c(=O)[nH]c2cc1OC. The van der Waals surface area contributed by atoms with Crippen molar-refractivity contribution in [2.24, 2.45) is 0 Å². The topological polar surface area (TPSA) is 110 Å². The summed E-state index contributed by atoms with van der Waals surface area (Å²) in [5.74, 6) is 0.0797. The quantitative estimate of drug-likeness (QED) is 0.377. The van der Waals surface area contributed by atoms with Crippen LogP contribution < -0.4 is 25.7 Å². The zero-order valence-corrected chi connectivity index (χ0v) is 19.6. The van der Waals surface area contributed by atoms with Crippen molar-refractivity contribution in [2.45, 2.75) is 13.5 Å². The second kappa shape index (κ2) is 10.1. The predicted molar refractivity (Wildman–Crippen MR) is 134 cm³/mol. The molecule has 0 atom stereocenters. The van der Waals surface area contributed by atoms with E-state index in [2.05, 4.69) is 15.6 Å². The molecule has 3 aromatic carbocycles. The van der Waals surface area contributed by atoms with Gasteiger partial charge < -0.3 is 25.1 Å². The summed E-state index contributed by atoms with van der Waals surface area (Å²) < 4.78 is 10.6. The van der Waals surface area contributed by atoms with E-state index in [1.54, 1.807) is 30.3 Å². The molecule has 0 aliphatic carbocycles. The molecule has 0 saturated heterocycles. The van der Waals surface area contributed by atoms with Crippen molar-refractivity contribution in [3.8, 4) is 11.5 Å². The number of pyridine rings is 1. The lowest BCUT2D eigenvalue weighted by Gasteiger charge is -2.12. The molecular formula is C27H25N3O5. The Morgan fingerprint density at radius 2 is 1.60 bits per heavy atom. The maximum Gasteiger partial charge on any atom is 0.261 e. The van der Waals surface area contributed by atoms with Crippen molar-refractivity contribution in [2.75, 3.05) is 19.5 Å². The Hall–Kier alpha value is -4.59. The minimum Gasteiger partial charge on any atom is -0.493 e. The summed E-state index contributed by atoms with van der Waals surface area (Å²) in [5, 5.41) is 6.23. The van der Waals surface area contributed by atoms with E-state index in [9.17, 15) is 14.4 Å². The van der Waals surface area contributed by atoms with E-state index in [-0.39, 0.29) is 11.5 Å². The molecule has 178 valence electrons. The summed E-state index contributed by atoms with van der Waals surface area (Å²) in [5.41, 5.74) is 2.46. The standard InChI is InChI=1S/C27H25N3O5/c1-16-9-10-18(25(31)28-15-17-7-5-4-6-8-17)12-21(16)29-26(32)20-11-19-13-23(34-2)24(35-3)14-22(19)30-27(20)33/h4-14H,15H2,1-3H3,(H,28,31)(H,29,32)(H,30,33). The van der Waals surface area contributed by atoms with E-state index >= 15 is 0 Å². The average molecular weight is 472 g/mol. The smallest absolute Gasteiger partial charge is 0.261 e. The summed E-state index contributed by atoms with van der Waals surface area (Å²) in [7, 11) is 3.01. The highest BCUT2D eigenvalue weighted by atomic mass is 16.5. The van der Waals surface area contributed by atoms with Crippen LogP contribution in [0.4, 0.5) is 5.69 Å². The van der Waals surface area contributed by atoms with Crippen molar-refractivity contribution in [1.82, 2.24) is 10.3 Å². The second-order valence-corrected chi connectivity index (χ2v) is 7.96. The third kappa shape index (κ3) is 5.16. The molecule has 0 spiro atoms. The Morgan fingerprint density at radius 3 is 2.31 bits per heavy atom. The maximum absolute atomic E-state index is 13.0. The predicted octanol–water partition coefficient (Wildman–Crippen LogP) is 4.04. The zero-order chi connectivity index (χ0) is 24.9. The molecule has 2 amide bonds. The van der Waals surface area contributed by atoms with Gasteiger partial charge in [0.05, 0.1) is 19.7 Å². The fourth-order valence-corrected chi connectivity index (χ4v) is 3.67. The van der Waals surface area contributed by atoms with Gasteiger partial charge in [0.15, 0.2) is 11.5 Å². The van der Waals surface area contributed by atoms with Gasteiger partial charge in [0.25, 0.3) is 17.4 Å². The number of carbonyl (C=O) groups excluding carboxylic acids is 2. The number of methoxy groups -OCH3 is 2. The summed E-state index contributed by atoms with van der Waals surface area (Å²) in [6.45, 7) is 2.19. The minimum atomic E-state index is -0.590. The lowest BCUT2D eigenvalue weighted by Crippen LogP contribution is -2.25. The van der Waals surface area contributed by atoms with Crippen LogP contribution in [-0.4, -0.2) is 31.0 Å². The molecule has 0 radical (unpaired) electrons. The molecule has 0 fully saturated rings. The van der Waals surface area contributed by atoms with Crippen LogP contribution in [0, 0.1) is 6.92 Å². The van der Waals surface area contributed by atoms with Crippen LogP contribution in [0.15, 0.2) is 71.5 Å². The van der Waals surface area contributed by atoms with Gasteiger partial charge in [-0.3, -0.25) is 14.4 Å². The molecule has 3 N–H and O–H groups in total. The summed E-state index contributed by atoms with van der Waals surface area (Å²) in [4.78, 5) is 41.0. The fourth-order valence-electron chi connectivity index (χ4n) is 3.67. The van der Waals surface area contributed by atoms with Crippen LogP contribution in [0.1, 0.15) is 31.8 Å². The van der Waals surface area contributed by atoms with E-state index < -0.39 is 11.5 Å². The van der Waals surface area contributed by atoms with Gasteiger partial charge >= 0.3 is 0 Å². The van der Waals surface area contributed by atoms with Crippen molar-refractivity contribution >= 4 is 28.4 Å². The number of nitrogens with one attached hydrogen (secondary N) is 3. The van der Waals surface area contributed by atoms with Crippen LogP contribution in [-0.2, 0) is 6.54 Å². The van der Waals surface area contributed by atoms with Crippen LogP contribution in [0.5, 0.6) is 11.5 Å². The molecule has 0 unspecified atom stereocenters. The van der Waals surface area contributed by atoms with E-state index in [4.69, 9.17) is 9.47 Å². The highest BCUT2D eigenvalue weighted by Gasteiger charge is 2.16. The van der Waals surface area contributed by atoms with Crippen molar-refractivity contribution < 1.29 is 19.1 Å². The van der Waals surface area contributed by atoms with E-state index in [1.165, 1.54) is 20.3 Å². The maximum atomic E-state index is 13.0. The molecular weight excluding hydrogens is 446 g/mol. The molecule has 35 heavy (non-hydrogen) atoms. The first-order valence-electron chi connectivity index (χ1n) is 10.9. The second-order valence-electron chi connectivity index (χ2n) is 7.96. The van der Waals surface area contributed by atoms with Crippen LogP contribution in [0.25, 0.3) is 10.9 Å². The first-order chi connectivity index (χ1) is 16.9. The molecule has 8 heteroatoms. The zero-order valence-electron chi connectivity index (χ0n) is 19.6. The van der Waals surface area contributed by atoms with Gasteiger partial charge in [-0.25, -0.2) is 0 Å². The Balaban J connectivity index is 1.57. The van der Waals surface area contributed by atoms with E-state index in [0.717, 1.165) is 11.1 Å². The van der Waals surface area contributed by atoms with Gasteiger partial charge in [-0.05, 0) is 42.3 Å². The lowest BCUT2D eigenvalue weighted by atomic mass is 10.1. The number of carbonyl (C=O) groups is 2. The number of aromatic nitrogens is 1. The Morgan fingerprint density at radius 1 is 0.886 bits per heavy atom. The highest BCUT2D eigenvalue weighted by molar-refractivity contribution is 6.07. The Labute approximate surface area is 201 Å². The average Bonchev–Trinajstić information content (AvgIpc) is 2.87. The van der Waals surface area contributed by atoms with Gasteiger partial charge in [-0.1, -0.05) is 36.4 Å². The summed E-state index contributed by atoms with van der Waals surface area (Å²) >= 11 is 0. The highest BCUT2D eigenvalue weighted by Crippen LogP contribution is 2.31. The van der Waals surface area contributed by atoms with Gasteiger partial charge in [-0.2, -0.15) is 0 Å². The number of H-pyrrole nitrogens is 1. The van der Waals surface area contributed by atoms with Gasteiger partial charge in [0.1, 0.15) is 5.56 Å². The number of anilines is 1. The largest absolute Gasteiger partial charge is 0.493 e. The third-order valence-electron chi connectivity index (χ3n) is 5.64. The number of benzene rings is 3. The van der Waals surface area contributed by atoms with E-state index in [0.29, 0.717) is 40.2 Å². The molecule has 4 rings (SSSR count). The normalized spacial score (nSPS) is 10.6. The lowest BCUT2D eigenvalue weighted by molar-refractivity contribution is 0.0949. The van der Waals surface area contributed by atoms with Gasteiger partial charge in [0.2, 0.25) is 0 Å². The number of amides is 2. The molecule has 0 aliphatic rings. The number of hydrogen-bond acceptors (Lipinski definition) is 5. The molecule has 4 aromatic rings. The number of hydrogen-bond donors (Lipinski definition) is 3. The third-order valence-corrected chi connectivity index (χ3v) is 5.64. The van der Waals surface area contributed by atoms with E-state index in [1.807, 2.05) is 37.3 Å². The number of rotatable bonds is 7. The molecule has 0 bridgehead atoms. The fraction of sp³-hybridized carbons (Fsp3) is 0.148. The van der Waals surface area contributed by atoms with Crippen molar-refractivity contribution in [3.63, 3.8) is 0 Å². The van der Waals surface area contributed by atoms with Crippen LogP contribution in [0.3, 0.4) is 0 Å². The Bertz CT molecular complexity index is 1460. The van der Waals surface area contributed by atoms with Crippen molar-refractivity contribution in [3.05, 3.63) is 99.3 Å². The van der Waals surface area contributed by atoms with Gasteiger partial charge in [-0.15, -0.1) is 0 Å². The number of fused-ring (bicyclic) bond motifs is 1. The first-order valence-corrected chi connectivity index (χ1v) is 10.9. The summed E-state index contributed by atoms with van der Waals surface area (Å²) in [6.07, 6.45) is 0. The van der Waals surface area contributed by atoms with Gasteiger partial charge in [0, 0.05) is 29.2 Å². The molecule has 0 saturated carbocycles. The molecule has 1 aromatic heterocycles. The summed E-state index contributed by atoms with van der Waals surface area (Å²) in [6, 6.07) is 19.4. The monoisotopic (exact) mass is 471 g/mol. The minimum absolute atomic E-state index is 0.0666. The molecule has 0 aliphatic heterocycles. The Kier molecular flexibility index (Phi) is 6.82. The first kappa shape index (κ1) is 23.6.